The molecule has 3 amide bonds. The quantitative estimate of drug-likeness (QED) is 0.719. The number of hydrogen-bond acceptors (Lipinski definition) is 3. The molecule has 2 N–H and O–H groups in total. The van der Waals surface area contributed by atoms with Crippen LogP contribution in [0.2, 0.25) is 0 Å². The average molecular weight is 254 g/mol. The Bertz CT molecular complexity index is 378. The third kappa shape index (κ3) is 4.57. The zero-order chi connectivity index (χ0) is 13.8. The van der Waals surface area contributed by atoms with Gasteiger partial charge in [-0.15, -0.1) is 0 Å². The summed E-state index contributed by atoms with van der Waals surface area (Å²) < 4.78 is 0. The first-order valence-electron chi connectivity index (χ1n) is 5.81. The molecular weight excluding hydrogens is 236 g/mol. The van der Waals surface area contributed by atoms with Crippen molar-refractivity contribution >= 4 is 17.9 Å². The van der Waals surface area contributed by atoms with Gasteiger partial charge in [0.05, 0.1) is 0 Å². The maximum atomic E-state index is 11.7. The fraction of sp³-hybridized carbons (Fsp3) is 0.583. The maximum Gasteiger partial charge on any atom is 0.328 e. The molecule has 1 fully saturated rings. The van der Waals surface area contributed by atoms with Crippen LogP contribution in [0.3, 0.4) is 0 Å². The topological polar surface area (TPSA) is 86.7 Å². The van der Waals surface area contributed by atoms with Gasteiger partial charge < -0.3 is 10.0 Å². The Morgan fingerprint density at radius 3 is 2.22 bits per heavy atom. The van der Waals surface area contributed by atoms with Crippen LogP contribution >= 0.6 is 0 Å². The van der Waals surface area contributed by atoms with Gasteiger partial charge in [-0.3, -0.25) is 10.1 Å². The van der Waals surface area contributed by atoms with Crippen LogP contribution in [-0.2, 0) is 9.59 Å². The zero-order valence-electron chi connectivity index (χ0n) is 10.6. The minimum Gasteiger partial charge on any atom is -0.478 e. The number of carbonyl (C=O) groups is 3. The normalized spacial score (nSPS) is 18.7. The van der Waals surface area contributed by atoms with E-state index >= 15 is 0 Å². The van der Waals surface area contributed by atoms with E-state index in [4.69, 9.17) is 5.11 Å². The number of piperidine rings is 1. The van der Waals surface area contributed by atoms with Gasteiger partial charge >= 0.3 is 12.0 Å². The number of carboxylic acid groups (broad SMARTS) is 1. The molecule has 0 atom stereocenters. The number of imide groups is 1. The standard InChI is InChI=1S/C12H18N2O4/c1-12(2)5-7-14(8-6-12)11(18)13-9(15)3-4-10(16)17/h3-4H,5-8H2,1-2H3,(H,16,17)(H,13,15,18). The van der Waals surface area contributed by atoms with E-state index in [1.165, 1.54) is 0 Å². The van der Waals surface area contributed by atoms with Gasteiger partial charge in [0, 0.05) is 25.2 Å². The number of urea groups is 1. The number of hydrogen-bond donors (Lipinski definition) is 2. The summed E-state index contributed by atoms with van der Waals surface area (Å²) in [7, 11) is 0. The molecule has 0 radical (unpaired) electrons. The molecule has 0 aromatic heterocycles. The fourth-order valence-corrected chi connectivity index (χ4v) is 1.69. The highest BCUT2D eigenvalue weighted by molar-refractivity contribution is 6.02. The molecule has 0 aliphatic carbocycles. The first-order valence-corrected chi connectivity index (χ1v) is 5.81. The van der Waals surface area contributed by atoms with Crippen LogP contribution < -0.4 is 5.32 Å². The van der Waals surface area contributed by atoms with Gasteiger partial charge in [-0.25, -0.2) is 9.59 Å². The molecule has 1 heterocycles. The molecule has 0 aromatic carbocycles. The van der Waals surface area contributed by atoms with E-state index in [0.717, 1.165) is 18.9 Å². The Hall–Kier alpha value is -1.85. The number of amides is 3. The molecule has 1 aliphatic heterocycles. The Kier molecular flexibility index (Phi) is 4.47. The van der Waals surface area contributed by atoms with Crippen molar-refractivity contribution in [2.45, 2.75) is 26.7 Å². The summed E-state index contributed by atoms with van der Waals surface area (Å²) in [6, 6.07) is -0.467. The molecule has 0 bridgehead atoms. The highest BCUT2D eigenvalue weighted by Crippen LogP contribution is 2.29. The lowest BCUT2D eigenvalue weighted by Crippen LogP contribution is -2.47. The van der Waals surface area contributed by atoms with Gasteiger partial charge in [0.2, 0.25) is 0 Å². The molecule has 1 aliphatic rings. The SMILES string of the molecule is CC1(C)CCN(C(=O)NC(=O)C=CC(=O)O)CC1. The molecule has 6 heteroatoms. The smallest absolute Gasteiger partial charge is 0.328 e. The summed E-state index contributed by atoms with van der Waals surface area (Å²) in [5.74, 6) is -1.94. The van der Waals surface area contributed by atoms with E-state index in [1.54, 1.807) is 4.90 Å². The lowest BCUT2D eigenvalue weighted by atomic mass is 9.83. The van der Waals surface area contributed by atoms with Crippen molar-refractivity contribution in [2.24, 2.45) is 5.41 Å². The third-order valence-electron chi connectivity index (χ3n) is 3.01. The Morgan fingerprint density at radius 2 is 1.72 bits per heavy atom. The molecule has 0 aromatic rings. The largest absolute Gasteiger partial charge is 0.478 e. The Balaban J connectivity index is 2.42. The molecule has 1 saturated heterocycles. The van der Waals surface area contributed by atoms with Gasteiger partial charge in [0.15, 0.2) is 0 Å². The molecule has 100 valence electrons. The fourth-order valence-electron chi connectivity index (χ4n) is 1.69. The van der Waals surface area contributed by atoms with E-state index < -0.39 is 17.9 Å². The lowest BCUT2D eigenvalue weighted by molar-refractivity contribution is -0.131. The number of rotatable bonds is 2. The van der Waals surface area contributed by atoms with Crippen LogP contribution in [0, 0.1) is 5.41 Å². The highest BCUT2D eigenvalue weighted by Gasteiger charge is 2.28. The van der Waals surface area contributed by atoms with Crippen LogP contribution in [0.15, 0.2) is 12.2 Å². The van der Waals surface area contributed by atoms with Crippen LogP contribution in [0.25, 0.3) is 0 Å². The first kappa shape index (κ1) is 14.2. The van der Waals surface area contributed by atoms with E-state index in [2.05, 4.69) is 19.2 Å². The van der Waals surface area contributed by atoms with Gasteiger partial charge in [0.25, 0.3) is 5.91 Å². The average Bonchev–Trinajstić information content (AvgIpc) is 2.26. The van der Waals surface area contributed by atoms with E-state index in [9.17, 15) is 14.4 Å². The summed E-state index contributed by atoms with van der Waals surface area (Å²) >= 11 is 0. The second-order valence-corrected chi connectivity index (χ2v) is 5.12. The number of nitrogens with one attached hydrogen (secondary N) is 1. The van der Waals surface area contributed by atoms with Crippen LogP contribution in [-0.4, -0.2) is 41.0 Å². The van der Waals surface area contributed by atoms with Gasteiger partial charge in [-0.05, 0) is 18.3 Å². The van der Waals surface area contributed by atoms with Crippen LogP contribution in [0.4, 0.5) is 4.79 Å². The summed E-state index contributed by atoms with van der Waals surface area (Å²) in [5.41, 5.74) is 0.226. The third-order valence-corrected chi connectivity index (χ3v) is 3.01. The Labute approximate surface area is 106 Å². The molecule has 0 saturated carbocycles. The second-order valence-electron chi connectivity index (χ2n) is 5.12. The number of aliphatic carboxylic acids is 1. The predicted molar refractivity (Wildman–Crippen MR) is 64.9 cm³/mol. The van der Waals surface area contributed by atoms with Crippen molar-refractivity contribution in [3.8, 4) is 0 Å². The minimum atomic E-state index is -1.22. The molecule has 18 heavy (non-hydrogen) atoms. The number of carbonyl (C=O) groups excluding carboxylic acids is 2. The minimum absolute atomic E-state index is 0.226. The second kappa shape index (κ2) is 5.66. The van der Waals surface area contributed by atoms with Crippen LogP contribution in [0.5, 0.6) is 0 Å². The number of likely N-dealkylation sites (tertiary alicyclic amines) is 1. The van der Waals surface area contributed by atoms with Gasteiger partial charge in [-0.2, -0.15) is 0 Å². The summed E-state index contributed by atoms with van der Waals surface area (Å²) in [6.45, 7) is 5.50. The predicted octanol–water partition coefficient (Wildman–Crippen LogP) is 0.985. The Morgan fingerprint density at radius 1 is 1.17 bits per heavy atom. The molecule has 1 rings (SSSR count). The van der Waals surface area contributed by atoms with Crippen molar-refractivity contribution in [3.63, 3.8) is 0 Å². The van der Waals surface area contributed by atoms with Crippen molar-refractivity contribution < 1.29 is 19.5 Å². The van der Waals surface area contributed by atoms with Gasteiger partial charge in [0.1, 0.15) is 0 Å². The van der Waals surface area contributed by atoms with Crippen molar-refractivity contribution in [3.05, 3.63) is 12.2 Å². The number of carboxylic acids is 1. The molecule has 6 nitrogen and oxygen atoms in total. The van der Waals surface area contributed by atoms with E-state index in [-0.39, 0.29) is 5.41 Å². The molecular formula is C12H18N2O4. The molecule has 0 spiro atoms. The van der Waals surface area contributed by atoms with Gasteiger partial charge in [-0.1, -0.05) is 13.8 Å². The van der Waals surface area contributed by atoms with Crippen LogP contribution in [0.1, 0.15) is 26.7 Å². The monoisotopic (exact) mass is 254 g/mol. The lowest BCUT2D eigenvalue weighted by Gasteiger charge is -2.36. The number of nitrogens with zero attached hydrogens (tertiary/aromatic N) is 1. The summed E-state index contributed by atoms with van der Waals surface area (Å²) in [6.07, 6.45) is 3.30. The highest BCUT2D eigenvalue weighted by atomic mass is 16.4. The summed E-state index contributed by atoms with van der Waals surface area (Å²) in [5, 5.41) is 10.5. The van der Waals surface area contributed by atoms with E-state index in [1.807, 2.05) is 0 Å². The van der Waals surface area contributed by atoms with E-state index in [0.29, 0.717) is 19.2 Å². The van der Waals surface area contributed by atoms with Crippen molar-refractivity contribution in [1.82, 2.24) is 10.2 Å². The van der Waals surface area contributed by atoms with Crippen molar-refractivity contribution in [2.75, 3.05) is 13.1 Å². The maximum absolute atomic E-state index is 11.7. The first-order chi connectivity index (χ1) is 8.30. The summed E-state index contributed by atoms with van der Waals surface area (Å²) in [4.78, 5) is 34.7. The zero-order valence-corrected chi connectivity index (χ0v) is 10.6. The van der Waals surface area contributed by atoms with Crippen molar-refractivity contribution in [1.29, 1.82) is 0 Å². The molecule has 0 unspecified atom stereocenters.